The third kappa shape index (κ3) is 3.39. The lowest BCUT2D eigenvalue weighted by molar-refractivity contribution is 0.0955. The fourth-order valence-electron chi connectivity index (χ4n) is 2.47. The van der Waals surface area contributed by atoms with Crippen molar-refractivity contribution in [3.05, 3.63) is 58.3 Å². The molecule has 0 unspecified atom stereocenters. The minimum atomic E-state index is -3.31. The van der Waals surface area contributed by atoms with Gasteiger partial charge in [0.25, 0.3) is 5.91 Å². The topological polar surface area (TPSA) is 76.8 Å². The van der Waals surface area contributed by atoms with E-state index >= 15 is 0 Å². The molecule has 0 fully saturated rings. The molecule has 6 nitrogen and oxygen atoms in total. The zero-order chi connectivity index (χ0) is 17.3. The number of hydrogen-bond donors (Lipinski definition) is 0. The summed E-state index contributed by atoms with van der Waals surface area (Å²) in [6.07, 6.45) is 1.51. The number of sulfone groups is 1. The summed E-state index contributed by atoms with van der Waals surface area (Å²) >= 11 is 3.16. The second kappa shape index (κ2) is 6.45. The van der Waals surface area contributed by atoms with E-state index < -0.39 is 21.8 Å². The lowest BCUT2D eigenvalue weighted by Gasteiger charge is -2.27. The lowest BCUT2D eigenvalue weighted by Crippen LogP contribution is -2.41. The molecular formula is C16H14BrNO5S. The van der Waals surface area contributed by atoms with Crippen LogP contribution < -0.4 is 9.64 Å². The summed E-state index contributed by atoms with van der Waals surface area (Å²) < 4.78 is 34.4. The van der Waals surface area contributed by atoms with E-state index in [4.69, 9.17) is 9.15 Å². The van der Waals surface area contributed by atoms with E-state index in [9.17, 15) is 13.2 Å². The molecule has 0 radical (unpaired) electrons. The Morgan fingerprint density at radius 3 is 2.46 bits per heavy atom. The number of carbonyl (C=O) groups is 1. The molecule has 0 spiro atoms. The average molecular weight is 412 g/mol. The quantitative estimate of drug-likeness (QED) is 0.772. The Morgan fingerprint density at radius 2 is 1.96 bits per heavy atom. The van der Waals surface area contributed by atoms with E-state index in [1.807, 2.05) is 0 Å². The number of anilines is 1. The van der Waals surface area contributed by atoms with Crippen LogP contribution in [-0.2, 0) is 9.84 Å². The molecule has 3 rings (SSSR count). The Balaban J connectivity index is 2.00. The van der Waals surface area contributed by atoms with E-state index in [1.54, 1.807) is 37.4 Å². The maximum absolute atomic E-state index is 12.9. The molecule has 1 amide bonds. The fourth-order valence-corrected chi connectivity index (χ4v) is 4.04. The molecule has 0 saturated carbocycles. The first-order chi connectivity index (χ1) is 11.4. The van der Waals surface area contributed by atoms with E-state index in [2.05, 4.69) is 15.9 Å². The van der Waals surface area contributed by atoms with Crippen LogP contribution in [0.4, 0.5) is 5.69 Å². The summed E-state index contributed by atoms with van der Waals surface area (Å²) in [6, 6.07) is 9.37. The number of methoxy groups -OCH3 is 1. The summed E-state index contributed by atoms with van der Waals surface area (Å²) in [5.74, 6) is 0.182. The van der Waals surface area contributed by atoms with Gasteiger partial charge in [-0.05, 0) is 58.4 Å². The molecule has 1 aromatic heterocycles. The van der Waals surface area contributed by atoms with Crippen LogP contribution in [0, 0.1) is 0 Å². The van der Waals surface area contributed by atoms with Gasteiger partial charge in [-0.1, -0.05) is 0 Å². The Kier molecular flexibility index (Phi) is 4.51. The van der Waals surface area contributed by atoms with Gasteiger partial charge in [0.05, 0.1) is 18.9 Å². The number of nitrogens with zero attached hydrogens (tertiary/aromatic N) is 1. The number of hydrogen-bond acceptors (Lipinski definition) is 5. The highest BCUT2D eigenvalue weighted by Gasteiger charge is 2.33. The van der Waals surface area contributed by atoms with Crippen LogP contribution in [0.2, 0.25) is 0 Å². The van der Waals surface area contributed by atoms with Gasteiger partial charge in [-0.25, -0.2) is 8.42 Å². The molecule has 0 saturated heterocycles. The molecule has 2 aromatic rings. The summed E-state index contributed by atoms with van der Waals surface area (Å²) in [6.45, 7) is 0. The Labute approximate surface area is 147 Å². The Hall–Kier alpha value is -2.06. The van der Waals surface area contributed by atoms with Crippen molar-refractivity contribution in [3.63, 3.8) is 0 Å². The van der Waals surface area contributed by atoms with Crippen molar-refractivity contribution >= 4 is 37.4 Å². The van der Waals surface area contributed by atoms with E-state index in [0.717, 1.165) is 5.41 Å². The molecular weight excluding hydrogens is 398 g/mol. The van der Waals surface area contributed by atoms with Crippen LogP contribution in [0.1, 0.15) is 10.6 Å². The monoisotopic (exact) mass is 411 g/mol. The van der Waals surface area contributed by atoms with E-state index in [-0.39, 0.29) is 11.5 Å². The Bertz CT molecular complexity index is 885. The van der Waals surface area contributed by atoms with Crippen LogP contribution in [0.15, 0.2) is 57.0 Å². The molecule has 1 aliphatic rings. The third-order valence-corrected chi connectivity index (χ3v) is 5.40. The maximum Gasteiger partial charge on any atom is 0.294 e. The summed E-state index contributed by atoms with van der Waals surface area (Å²) in [7, 11) is -1.76. The highest BCUT2D eigenvalue weighted by atomic mass is 79.9. The van der Waals surface area contributed by atoms with Crippen molar-refractivity contribution in [3.8, 4) is 5.75 Å². The van der Waals surface area contributed by atoms with Gasteiger partial charge in [-0.15, -0.1) is 0 Å². The van der Waals surface area contributed by atoms with Gasteiger partial charge in [-0.2, -0.15) is 0 Å². The number of amides is 1. The highest BCUT2D eigenvalue weighted by Crippen LogP contribution is 2.27. The summed E-state index contributed by atoms with van der Waals surface area (Å²) in [4.78, 5) is 14.3. The zero-order valence-electron chi connectivity index (χ0n) is 12.7. The van der Waals surface area contributed by atoms with Gasteiger partial charge in [0, 0.05) is 11.1 Å². The van der Waals surface area contributed by atoms with Crippen molar-refractivity contribution < 1.29 is 22.4 Å². The van der Waals surface area contributed by atoms with Gasteiger partial charge >= 0.3 is 0 Å². The van der Waals surface area contributed by atoms with Crippen molar-refractivity contribution in [1.29, 1.82) is 0 Å². The lowest BCUT2D eigenvalue weighted by atomic mass is 10.2. The largest absolute Gasteiger partial charge is 0.497 e. The number of rotatable bonds is 4. The first kappa shape index (κ1) is 16.8. The van der Waals surface area contributed by atoms with Crippen LogP contribution in [0.3, 0.4) is 0 Å². The van der Waals surface area contributed by atoms with E-state index in [1.165, 1.54) is 17.0 Å². The first-order valence-corrected chi connectivity index (χ1v) is 9.54. The van der Waals surface area contributed by atoms with Gasteiger partial charge in [0.2, 0.25) is 0 Å². The average Bonchev–Trinajstić information content (AvgIpc) is 3.14. The zero-order valence-corrected chi connectivity index (χ0v) is 15.1. The van der Waals surface area contributed by atoms with Gasteiger partial charge in [-0.3, -0.25) is 9.69 Å². The molecule has 8 heteroatoms. The molecule has 1 aliphatic heterocycles. The predicted octanol–water partition coefficient (Wildman–Crippen LogP) is 3.01. The highest BCUT2D eigenvalue weighted by molar-refractivity contribution is 9.10. The van der Waals surface area contributed by atoms with Crippen molar-refractivity contribution in [1.82, 2.24) is 0 Å². The van der Waals surface area contributed by atoms with Gasteiger partial charge in [0.15, 0.2) is 20.3 Å². The first-order valence-electron chi connectivity index (χ1n) is 7.03. The standard InChI is InChI=1S/C16H14BrNO5S/c1-22-13-4-2-11(3-5-13)18(12-8-9-24(20,21)10-12)16(19)14-6-7-15(17)23-14/h2-9,12H,10H2,1H3/t12-/m1/s1. The number of halogens is 1. The molecule has 1 aromatic carbocycles. The Morgan fingerprint density at radius 1 is 1.25 bits per heavy atom. The maximum atomic E-state index is 12.9. The molecule has 126 valence electrons. The molecule has 1 atom stereocenters. The summed E-state index contributed by atoms with van der Waals surface area (Å²) in [5, 5.41) is 1.14. The smallest absolute Gasteiger partial charge is 0.294 e. The molecule has 0 aliphatic carbocycles. The van der Waals surface area contributed by atoms with Crippen LogP contribution in [0.5, 0.6) is 5.75 Å². The molecule has 0 bridgehead atoms. The summed E-state index contributed by atoms with van der Waals surface area (Å²) in [5.41, 5.74) is 0.556. The minimum Gasteiger partial charge on any atom is -0.497 e. The molecule has 2 heterocycles. The normalized spacial score (nSPS) is 18.5. The number of carbonyl (C=O) groups excluding carboxylic acids is 1. The number of benzene rings is 1. The predicted molar refractivity (Wildman–Crippen MR) is 92.9 cm³/mol. The molecule has 24 heavy (non-hydrogen) atoms. The fraction of sp³-hybridized carbons (Fsp3) is 0.188. The number of ether oxygens (including phenoxy) is 1. The van der Waals surface area contributed by atoms with Crippen LogP contribution in [0.25, 0.3) is 0 Å². The van der Waals surface area contributed by atoms with Crippen LogP contribution in [-0.4, -0.2) is 33.2 Å². The van der Waals surface area contributed by atoms with Crippen LogP contribution >= 0.6 is 15.9 Å². The van der Waals surface area contributed by atoms with Gasteiger partial charge in [0.1, 0.15) is 5.75 Å². The molecule has 0 N–H and O–H groups in total. The number of furan rings is 1. The van der Waals surface area contributed by atoms with Crippen molar-refractivity contribution in [2.45, 2.75) is 6.04 Å². The van der Waals surface area contributed by atoms with Crippen molar-refractivity contribution in [2.75, 3.05) is 17.8 Å². The minimum absolute atomic E-state index is 0.121. The second-order valence-electron chi connectivity index (χ2n) is 5.20. The van der Waals surface area contributed by atoms with Gasteiger partial charge < -0.3 is 9.15 Å². The third-order valence-electron chi connectivity index (χ3n) is 3.60. The van der Waals surface area contributed by atoms with E-state index in [0.29, 0.717) is 16.1 Å². The SMILES string of the molecule is COc1ccc(N(C(=O)c2ccc(Br)o2)[C@@H]2C=CS(=O)(=O)C2)cc1. The second-order valence-corrected chi connectivity index (χ2v) is 7.92. The van der Waals surface area contributed by atoms with Crippen molar-refractivity contribution in [2.24, 2.45) is 0 Å².